The van der Waals surface area contributed by atoms with Crippen LogP contribution in [0.4, 0.5) is 0 Å². The second-order valence-electron chi connectivity index (χ2n) is 3.82. The predicted octanol–water partition coefficient (Wildman–Crippen LogP) is 1.20. The van der Waals surface area contributed by atoms with Crippen LogP contribution < -0.4 is 5.32 Å². The summed E-state index contributed by atoms with van der Waals surface area (Å²) in [5, 5.41) is 12.2. The van der Waals surface area contributed by atoms with Crippen LogP contribution in [0.2, 0.25) is 0 Å². The maximum absolute atomic E-state index is 8.99. The van der Waals surface area contributed by atoms with E-state index in [0.717, 1.165) is 37.6 Å². The summed E-state index contributed by atoms with van der Waals surface area (Å²) in [5.41, 5.74) is 1.76. The first-order valence-corrected chi connectivity index (χ1v) is 5.56. The molecular weight excluding hydrogens is 188 g/mol. The quantitative estimate of drug-likeness (QED) is 0.805. The van der Waals surface area contributed by atoms with Crippen molar-refractivity contribution in [3.8, 4) is 6.07 Å². The molecule has 4 heteroatoms. The molecule has 0 saturated carbocycles. The van der Waals surface area contributed by atoms with Crippen LogP contribution in [0.25, 0.3) is 0 Å². The fourth-order valence-corrected chi connectivity index (χ4v) is 2.08. The number of fused-ring (bicyclic) bond motifs is 1. The summed E-state index contributed by atoms with van der Waals surface area (Å²) in [7, 11) is 0. The number of aromatic nitrogens is 2. The Kier molecular flexibility index (Phi) is 3.02. The molecule has 0 spiro atoms. The molecule has 1 N–H and O–H groups in total. The van der Waals surface area contributed by atoms with Crippen LogP contribution in [0.15, 0.2) is 0 Å². The van der Waals surface area contributed by atoms with Gasteiger partial charge in [-0.25, -0.2) is 4.98 Å². The Morgan fingerprint density at radius 1 is 1.53 bits per heavy atom. The lowest BCUT2D eigenvalue weighted by molar-refractivity contribution is 0.504. The fourth-order valence-electron chi connectivity index (χ4n) is 2.08. The average molecular weight is 204 g/mol. The highest BCUT2D eigenvalue weighted by Crippen LogP contribution is 2.20. The van der Waals surface area contributed by atoms with Crippen molar-refractivity contribution in [1.82, 2.24) is 14.9 Å². The highest BCUT2D eigenvalue weighted by Gasteiger charge is 2.18. The second kappa shape index (κ2) is 4.45. The Bertz CT molecular complexity index is 386. The molecule has 0 bridgehead atoms. The number of hydrogen-bond donors (Lipinski definition) is 1. The number of imidazole rings is 1. The highest BCUT2D eigenvalue weighted by atomic mass is 15.1. The molecule has 0 unspecified atom stereocenters. The Labute approximate surface area is 89.9 Å². The Morgan fingerprint density at radius 3 is 3.13 bits per heavy atom. The van der Waals surface area contributed by atoms with Crippen molar-refractivity contribution in [3.05, 3.63) is 17.2 Å². The van der Waals surface area contributed by atoms with Gasteiger partial charge < -0.3 is 9.88 Å². The lowest BCUT2D eigenvalue weighted by Crippen LogP contribution is -2.19. The third-order valence-corrected chi connectivity index (χ3v) is 2.84. The average Bonchev–Trinajstić information content (AvgIpc) is 2.65. The SMILES string of the molecule is CCNCc1nc(C#N)c2n1CCCC2. The molecule has 2 heterocycles. The Hall–Kier alpha value is -1.34. The van der Waals surface area contributed by atoms with E-state index in [0.29, 0.717) is 5.69 Å². The third-order valence-electron chi connectivity index (χ3n) is 2.84. The normalized spacial score (nSPS) is 14.7. The number of nitrogens with one attached hydrogen (secondary N) is 1. The van der Waals surface area contributed by atoms with E-state index in [-0.39, 0.29) is 0 Å². The van der Waals surface area contributed by atoms with Crippen LogP contribution >= 0.6 is 0 Å². The number of rotatable bonds is 3. The van der Waals surface area contributed by atoms with Gasteiger partial charge in [0.1, 0.15) is 11.9 Å². The number of nitriles is 1. The van der Waals surface area contributed by atoms with Crippen molar-refractivity contribution in [3.63, 3.8) is 0 Å². The van der Waals surface area contributed by atoms with Gasteiger partial charge in [0.15, 0.2) is 5.69 Å². The van der Waals surface area contributed by atoms with E-state index in [2.05, 4.69) is 27.9 Å². The minimum Gasteiger partial charge on any atom is -0.330 e. The van der Waals surface area contributed by atoms with Crippen LogP contribution in [0.5, 0.6) is 0 Å². The third kappa shape index (κ3) is 1.88. The van der Waals surface area contributed by atoms with E-state index in [4.69, 9.17) is 5.26 Å². The first kappa shape index (κ1) is 10.2. The van der Waals surface area contributed by atoms with E-state index in [1.807, 2.05) is 0 Å². The molecule has 1 aliphatic heterocycles. The largest absolute Gasteiger partial charge is 0.330 e. The van der Waals surface area contributed by atoms with E-state index < -0.39 is 0 Å². The first-order chi connectivity index (χ1) is 7.36. The zero-order valence-electron chi connectivity index (χ0n) is 9.08. The van der Waals surface area contributed by atoms with Gasteiger partial charge in [-0.3, -0.25) is 0 Å². The van der Waals surface area contributed by atoms with E-state index in [9.17, 15) is 0 Å². The maximum Gasteiger partial charge on any atom is 0.162 e. The van der Waals surface area contributed by atoms with Gasteiger partial charge in [0.05, 0.1) is 12.2 Å². The van der Waals surface area contributed by atoms with Gasteiger partial charge in [0, 0.05) is 6.54 Å². The molecule has 0 aliphatic carbocycles. The summed E-state index contributed by atoms with van der Waals surface area (Å²) >= 11 is 0. The van der Waals surface area contributed by atoms with Gasteiger partial charge >= 0.3 is 0 Å². The summed E-state index contributed by atoms with van der Waals surface area (Å²) in [5.74, 6) is 1.02. The Balaban J connectivity index is 2.30. The monoisotopic (exact) mass is 204 g/mol. The van der Waals surface area contributed by atoms with Crippen molar-refractivity contribution < 1.29 is 0 Å². The summed E-state index contributed by atoms with van der Waals surface area (Å²) in [6, 6.07) is 2.19. The van der Waals surface area contributed by atoms with E-state index >= 15 is 0 Å². The lowest BCUT2D eigenvalue weighted by Gasteiger charge is -2.16. The summed E-state index contributed by atoms with van der Waals surface area (Å²) in [6.07, 6.45) is 3.39. The Morgan fingerprint density at radius 2 is 2.40 bits per heavy atom. The molecule has 0 amide bonds. The zero-order valence-corrected chi connectivity index (χ0v) is 9.08. The molecule has 1 aromatic heterocycles. The van der Waals surface area contributed by atoms with Crippen LogP contribution in [-0.2, 0) is 19.5 Å². The van der Waals surface area contributed by atoms with Crippen LogP contribution in [0.3, 0.4) is 0 Å². The topological polar surface area (TPSA) is 53.6 Å². The van der Waals surface area contributed by atoms with Crippen molar-refractivity contribution in [2.24, 2.45) is 0 Å². The molecule has 0 fully saturated rings. The van der Waals surface area contributed by atoms with E-state index in [1.54, 1.807) is 0 Å². The summed E-state index contributed by atoms with van der Waals surface area (Å²) < 4.78 is 2.21. The molecule has 15 heavy (non-hydrogen) atoms. The predicted molar refractivity (Wildman–Crippen MR) is 57.3 cm³/mol. The van der Waals surface area contributed by atoms with Gasteiger partial charge in [-0.1, -0.05) is 6.92 Å². The number of nitrogens with zero attached hydrogens (tertiary/aromatic N) is 3. The summed E-state index contributed by atoms with van der Waals surface area (Å²) in [4.78, 5) is 4.39. The van der Waals surface area contributed by atoms with Crippen LogP contribution in [-0.4, -0.2) is 16.1 Å². The minimum absolute atomic E-state index is 0.627. The van der Waals surface area contributed by atoms with Crippen LogP contribution in [0, 0.1) is 11.3 Å². The van der Waals surface area contributed by atoms with Crippen molar-refractivity contribution >= 4 is 0 Å². The summed E-state index contributed by atoms with van der Waals surface area (Å²) in [6.45, 7) is 4.80. The van der Waals surface area contributed by atoms with E-state index in [1.165, 1.54) is 12.8 Å². The lowest BCUT2D eigenvalue weighted by atomic mass is 10.1. The molecular formula is C11H16N4. The molecule has 0 aromatic carbocycles. The van der Waals surface area contributed by atoms with Gasteiger partial charge in [-0.15, -0.1) is 0 Å². The maximum atomic E-state index is 8.99. The molecule has 0 atom stereocenters. The van der Waals surface area contributed by atoms with Gasteiger partial charge in [-0.05, 0) is 25.8 Å². The van der Waals surface area contributed by atoms with Crippen molar-refractivity contribution in [2.75, 3.05) is 6.54 Å². The second-order valence-corrected chi connectivity index (χ2v) is 3.82. The smallest absolute Gasteiger partial charge is 0.162 e. The molecule has 0 saturated heterocycles. The molecule has 1 aliphatic rings. The minimum atomic E-state index is 0.627. The van der Waals surface area contributed by atoms with Crippen molar-refractivity contribution in [2.45, 2.75) is 39.3 Å². The van der Waals surface area contributed by atoms with Gasteiger partial charge in [0.2, 0.25) is 0 Å². The van der Waals surface area contributed by atoms with Crippen molar-refractivity contribution in [1.29, 1.82) is 5.26 Å². The zero-order chi connectivity index (χ0) is 10.7. The molecule has 2 rings (SSSR count). The molecule has 4 nitrogen and oxygen atoms in total. The molecule has 80 valence electrons. The number of hydrogen-bond acceptors (Lipinski definition) is 3. The fraction of sp³-hybridized carbons (Fsp3) is 0.636. The van der Waals surface area contributed by atoms with Crippen LogP contribution in [0.1, 0.15) is 37.0 Å². The molecule has 0 radical (unpaired) electrons. The standard InChI is InChI=1S/C11H16N4/c1-2-13-8-11-14-9(7-12)10-5-3-4-6-15(10)11/h13H,2-6,8H2,1H3. The van der Waals surface area contributed by atoms with Gasteiger partial charge in [0.25, 0.3) is 0 Å². The first-order valence-electron chi connectivity index (χ1n) is 5.56. The highest BCUT2D eigenvalue weighted by molar-refractivity contribution is 5.30. The molecule has 1 aromatic rings. The van der Waals surface area contributed by atoms with Gasteiger partial charge in [-0.2, -0.15) is 5.26 Å².